The van der Waals surface area contributed by atoms with Crippen molar-refractivity contribution in [3.63, 3.8) is 0 Å². The van der Waals surface area contributed by atoms with E-state index in [-0.39, 0.29) is 10.8 Å². The predicted molar refractivity (Wildman–Crippen MR) is 255 cm³/mol. The van der Waals surface area contributed by atoms with Crippen LogP contribution in [0.25, 0.3) is 49.7 Å². The van der Waals surface area contributed by atoms with Crippen molar-refractivity contribution in [2.45, 2.75) is 82.5 Å². The molecule has 5 aliphatic carbocycles. The second-order valence-corrected chi connectivity index (χ2v) is 19.5. The number of hydrogen-bond acceptors (Lipinski definition) is 1. The molecule has 3 fully saturated rings. The van der Waals surface area contributed by atoms with Gasteiger partial charge in [0.2, 0.25) is 0 Å². The SMILES string of the molecule is CCC1CC2CC[C@H](C)C(C2)C12c1ccccc1-c1ccc(N(c3ccc(-n4c5ccccc5c5ccccc54)cc3)c3cccc4c3-c3ccccc3C43CCCC3)cc12. The first-order valence-corrected chi connectivity index (χ1v) is 23.5. The Morgan fingerprint density at radius 3 is 1.97 bits per heavy atom. The minimum Gasteiger partial charge on any atom is -0.310 e. The number of rotatable bonds is 5. The molecular weight excluding hydrogens is 737 g/mol. The average molecular weight is 791 g/mol. The van der Waals surface area contributed by atoms with Gasteiger partial charge in [-0.05, 0) is 143 Å². The zero-order valence-corrected chi connectivity index (χ0v) is 35.6. The number of anilines is 3. The predicted octanol–water partition coefficient (Wildman–Crippen LogP) is 15.8. The van der Waals surface area contributed by atoms with E-state index in [2.05, 4.69) is 181 Å². The average Bonchev–Trinajstić information content (AvgIpc) is 4.08. The number of aromatic nitrogens is 1. The fourth-order valence-electron chi connectivity index (χ4n) is 14.5. The maximum atomic E-state index is 2.69. The standard InChI is InChI=1S/C59H54N2/c1-3-40-35-39-26-25-38(2)52(36-39)59(40)50-20-9-4-15-44(50)45-32-31-43(37-53(45)59)60(56-24-14-21-51-57(56)48-18-5-8-19-49(48)58(51)33-12-13-34-58)41-27-29-42(30-28-41)61-54-22-10-6-16-46(54)47-17-7-11-23-55(47)61/h4-11,14-24,27-32,37-40,52H,3,12-13,25-26,33-36H2,1-2H3/t38-,39?,40?,52?,59?/m0/s1. The van der Waals surface area contributed by atoms with Crippen LogP contribution in [-0.2, 0) is 10.8 Å². The Hall–Kier alpha value is -5.86. The van der Waals surface area contributed by atoms with Crippen molar-refractivity contribution >= 4 is 38.9 Å². The highest BCUT2D eigenvalue weighted by Gasteiger charge is 2.58. The van der Waals surface area contributed by atoms with E-state index < -0.39 is 0 Å². The van der Waals surface area contributed by atoms with Crippen molar-refractivity contribution < 1.29 is 0 Å². The van der Waals surface area contributed by atoms with E-state index in [1.54, 1.807) is 11.1 Å². The highest BCUT2D eigenvalue weighted by molar-refractivity contribution is 6.09. The van der Waals surface area contributed by atoms with E-state index in [1.165, 1.54) is 136 Å². The molecule has 1 aromatic heterocycles. The summed E-state index contributed by atoms with van der Waals surface area (Å²) in [5, 5.41) is 2.59. The third-order valence-electron chi connectivity index (χ3n) is 16.9. The third kappa shape index (κ3) is 4.80. The van der Waals surface area contributed by atoms with Gasteiger partial charge in [-0.3, -0.25) is 0 Å². The van der Waals surface area contributed by atoms with E-state index in [0.29, 0.717) is 17.8 Å². The van der Waals surface area contributed by atoms with Gasteiger partial charge in [0.15, 0.2) is 0 Å². The number of nitrogens with zero attached hydrogens (tertiary/aromatic N) is 2. The summed E-state index contributed by atoms with van der Waals surface area (Å²) in [5.41, 5.74) is 19.6. The quantitative estimate of drug-likeness (QED) is 0.169. The topological polar surface area (TPSA) is 8.17 Å². The van der Waals surface area contributed by atoms with Gasteiger partial charge in [0.05, 0.1) is 16.7 Å². The number of benzene rings is 7. The number of fused-ring (bicyclic) bond motifs is 16. The van der Waals surface area contributed by atoms with Gasteiger partial charge in [0.1, 0.15) is 0 Å². The molecule has 5 aliphatic rings. The highest BCUT2D eigenvalue weighted by atomic mass is 15.1. The molecule has 1 heterocycles. The Balaban J connectivity index is 1.05. The summed E-state index contributed by atoms with van der Waals surface area (Å²) in [6.07, 6.45) is 11.7. The first-order valence-electron chi connectivity index (χ1n) is 23.5. The Morgan fingerprint density at radius 2 is 1.21 bits per heavy atom. The van der Waals surface area contributed by atoms with Crippen molar-refractivity contribution in [2.24, 2.45) is 23.7 Å². The van der Waals surface area contributed by atoms with Crippen LogP contribution >= 0.6 is 0 Å². The molecule has 0 saturated heterocycles. The summed E-state index contributed by atoms with van der Waals surface area (Å²) in [6, 6.07) is 61.1. The van der Waals surface area contributed by atoms with Crippen molar-refractivity contribution in [1.29, 1.82) is 0 Å². The molecule has 7 aromatic carbocycles. The fraction of sp³-hybridized carbons (Fsp3) is 0.288. The molecule has 0 aliphatic heterocycles. The van der Waals surface area contributed by atoms with Crippen LogP contribution in [0.5, 0.6) is 0 Å². The van der Waals surface area contributed by atoms with Crippen molar-refractivity contribution in [1.82, 2.24) is 4.57 Å². The number of hydrogen-bond donors (Lipinski definition) is 0. The van der Waals surface area contributed by atoms with E-state index in [0.717, 1.165) is 5.92 Å². The summed E-state index contributed by atoms with van der Waals surface area (Å²) in [6.45, 7) is 5.07. The molecule has 3 saturated carbocycles. The lowest BCUT2D eigenvalue weighted by Crippen LogP contribution is -2.51. The Labute approximate surface area is 360 Å². The van der Waals surface area contributed by atoms with Gasteiger partial charge in [0, 0.05) is 44.2 Å². The summed E-state index contributed by atoms with van der Waals surface area (Å²) in [4.78, 5) is 2.65. The second kappa shape index (κ2) is 13.3. The van der Waals surface area contributed by atoms with Crippen molar-refractivity contribution in [3.05, 3.63) is 180 Å². The van der Waals surface area contributed by atoms with Crippen molar-refractivity contribution in [3.8, 4) is 27.9 Å². The minimum atomic E-state index is 0.0260. The van der Waals surface area contributed by atoms with Crippen LogP contribution in [0.2, 0.25) is 0 Å². The molecule has 0 radical (unpaired) electrons. The molecule has 8 aromatic rings. The van der Waals surface area contributed by atoms with E-state index in [9.17, 15) is 0 Å². The van der Waals surface area contributed by atoms with E-state index >= 15 is 0 Å². The van der Waals surface area contributed by atoms with E-state index in [4.69, 9.17) is 0 Å². The van der Waals surface area contributed by atoms with Crippen LogP contribution in [0, 0.1) is 23.7 Å². The van der Waals surface area contributed by atoms with E-state index in [1.807, 2.05) is 0 Å². The van der Waals surface area contributed by atoms with Gasteiger partial charge in [-0.2, -0.15) is 0 Å². The van der Waals surface area contributed by atoms with Gasteiger partial charge in [-0.25, -0.2) is 0 Å². The lowest BCUT2D eigenvalue weighted by Gasteiger charge is -2.56. The van der Waals surface area contributed by atoms with Gasteiger partial charge in [0.25, 0.3) is 0 Å². The maximum Gasteiger partial charge on any atom is 0.0543 e. The van der Waals surface area contributed by atoms with Gasteiger partial charge in [-0.1, -0.05) is 149 Å². The molecule has 5 atom stereocenters. The van der Waals surface area contributed by atoms with Crippen LogP contribution in [0.4, 0.5) is 17.1 Å². The lowest BCUT2D eigenvalue weighted by molar-refractivity contribution is 0.0192. The molecule has 2 bridgehead atoms. The molecule has 0 N–H and O–H groups in total. The van der Waals surface area contributed by atoms with Gasteiger partial charge in [-0.15, -0.1) is 0 Å². The molecule has 13 rings (SSSR count). The summed E-state index contributed by atoms with van der Waals surface area (Å²) >= 11 is 0. The molecule has 4 unspecified atom stereocenters. The molecule has 0 amide bonds. The molecule has 2 heteroatoms. The summed E-state index contributed by atoms with van der Waals surface area (Å²) < 4.78 is 2.45. The zero-order valence-electron chi connectivity index (χ0n) is 35.6. The molecule has 300 valence electrons. The van der Waals surface area contributed by atoms with Crippen LogP contribution in [0.15, 0.2) is 158 Å². The minimum absolute atomic E-state index is 0.0260. The zero-order chi connectivity index (χ0) is 40.5. The van der Waals surface area contributed by atoms with Gasteiger partial charge >= 0.3 is 0 Å². The summed E-state index contributed by atoms with van der Waals surface area (Å²) in [7, 11) is 0. The third-order valence-corrected chi connectivity index (χ3v) is 16.9. The van der Waals surface area contributed by atoms with Crippen LogP contribution in [0.3, 0.4) is 0 Å². The normalized spacial score (nSPS) is 24.0. The Kier molecular flexibility index (Phi) is 7.83. The van der Waals surface area contributed by atoms with Crippen LogP contribution in [-0.4, -0.2) is 4.57 Å². The first kappa shape index (κ1) is 35.9. The van der Waals surface area contributed by atoms with Crippen LogP contribution < -0.4 is 4.90 Å². The highest BCUT2D eigenvalue weighted by Crippen LogP contribution is 2.67. The molecule has 2 nitrogen and oxygen atoms in total. The number of para-hydroxylation sites is 2. The first-order chi connectivity index (χ1) is 30.1. The monoisotopic (exact) mass is 790 g/mol. The Morgan fingerprint density at radius 1 is 0.574 bits per heavy atom. The largest absolute Gasteiger partial charge is 0.310 e. The fourth-order valence-corrected chi connectivity index (χ4v) is 14.5. The maximum absolute atomic E-state index is 2.69. The summed E-state index contributed by atoms with van der Waals surface area (Å²) in [5.74, 6) is 2.84. The molecule has 61 heavy (non-hydrogen) atoms. The second-order valence-electron chi connectivity index (χ2n) is 19.5. The smallest absolute Gasteiger partial charge is 0.0543 e. The van der Waals surface area contributed by atoms with Crippen LogP contribution in [0.1, 0.15) is 93.9 Å². The Bertz CT molecular complexity index is 2980. The van der Waals surface area contributed by atoms with Gasteiger partial charge < -0.3 is 9.47 Å². The molecular formula is C59H54N2. The lowest BCUT2D eigenvalue weighted by atomic mass is 9.47. The van der Waals surface area contributed by atoms with Crippen molar-refractivity contribution in [2.75, 3.05) is 4.90 Å². The molecule has 2 spiro atoms.